The average Bonchev–Trinajstić information content (AvgIpc) is 1.60. The van der Waals surface area contributed by atoms with Gasteiger partial charge in [-0.15, -0.1) is 11.6 Å². The van der Waals surface area contributed by atoms with Crippen LogP contribution in [0.1, 0.15) is 27.2 Å². The number of alkyl halides is 1. The number of carbonyl (C=O) groups is 1. The van der Waals surface area contributed by atoms with Gasteiger partial charge in [0.05, 0.1) is 0 Å². The first-order valence-corrected chi connectivity index (χ1v) is 3.70. The molecule has 0 radical (unpaired) electrons. The summed E-state index contributed by atoms with van der Waals surface area (Å²) in [5, 5.41) is -0.528. The summed E-state index contributed by atoms with van der Waals surface area (Å²) in [6.07, 6.45) is 0.629. The largest absolute Gasteiger partial charge is 0.368 e. The van der Waals surface area contributed by atoms with Gasteiger partial charge in [0.1, 0.15) is 5.38 Å². The number of primary amides is 1. The Balaban J connectivity index is 3.80. The predicted molar refractivity (Wildman–Crippen MR) is 42.9 cm³/mol. The van der Waals surface area contributed by atoms with E-state index in [1.807, 2.05) is 20.8 Å². The highest BCUT2D eigenvalue weighted by Gasteiger charge is 2.20. The minimum atomic E-state index is -0.528. The maximum Gasteiger partial charge on any atom is 0.235 e. The maximum atomic E-state index is 10.5. The molecule has 0 aromatic rings. The highest BCUT2D eigenvalue weighted by Crippen LogP contribution is 2.23. The predicted octanol–water partition coefficient (Wildman–Crippen LogP) is 1.52. The Bertz CT molecular complexity index is 128. The minimum absolute atomic E-state index is 0.0709. The molecule has 0 aliphatic rings. The van der Waals surface area contributed by atoms with E-state index in [0.29, 0.717) is 6.42 Å². The van der Waals surface area contributed by atoms with E-state index in [0.717, 1.165) is 0 Å². The number of amides is 1. The standard InChI is InChI=1S/C7H14ClNO/c1-7(2,3)4-5(8)6(9)10/h5H,4H2,1-3H3,(H2,9,10). The Morgan fingerprint density at radius 1 is 1.60 bits per heavy atom. The number of nitrogens with two attached hydrogens (primary N) is 1. The highest BCUT2D eigenvalue weighted by molar-refractivity contribution is 6.30. The van der Waals surface area contributed by atoms with Crippen molar-refractivity contribution in [1.82, 2.24) is 0 Å². The van der Waals surface area contributed by atoms with Crippen molar-refractivity contribution in [3.63, 3.8) is 0 Å². The van der Waals surface area contributed by atoms with Gasteiger partial charge in [0.2, 0.25) is 5.91 Å². The Hall–Kier alpha value is -0.240. The van der Waals surface area contributed by atoms with Crippen molar-refractivity contribution in [2.24, 2.45) is 11.1 Å². The summed E-state index contributed by atoms with van der Waals surface area (Å²) in [7, 11) is 0. The third kappa shape index (κ3) is 4.62. The molecule has 10 heavy (non-hydrogen) atoms. The minimum Gasteiger partial charge on any atom is -0.368 e. The summed E-state index contributed by atoms with van der Waals surface area (Å²) in [6.45, 7) is 6.06. The third-order valence-electron chi connectivity index (χ3n) is 1.10. The fourth-order valence-corrected chi connectivity index (χ4v) is 1.10. The number of carbonyl (C=O) groups excluding carboxylic acids is 1. The first-order chi connectivity index (χ1) is 4.33. The number of hydrogen-bond donors (Lipinski definition) is 1. The fourth-order valence-electron chi connectivity index (χ4n) is 0.638. The first-order valence-electron chi connectivity index (χ1n) is 3.26. The van der Waals surface area contributed by atoms with Gasteiger partial charge in [-0.3, -0.25) is 4.79 Å². The van der Waals surface area contributed by atoms with Crippen LogP contribution in [0.15, 0.2) is 0 Å². The van der Waals surface area contributed by atoms with Gasteiger partial charge in [-0.1, -0.05) is 20.8 Å². The molecule has 2 nitrogen and oxygen atoms in total. The van der Waals surface area contributed by atoms with Crippen molar-refractivity contribution in [3.05, 3.63) is 0 Å². The number of halogens is 1. The highest BCUT2D eigenvalue weighted by atomic mass is 35.5. The molecule has 0 aromatic heterocycles. The Labute approximate surface area is 66.7 Å². The van der Waals surface area contributed by atoms with Gasteiger partial charge in [0.15, 0.2) is 0 Å². The summed E-state index contributed by atoms with van der Waals surface area (Å²) in [4.78, 5) is 10.5. The topological polar surface area (TPSA) is 43.1 Å². The zero-order valence-electron chi connectivity index (χ0n) is 6.65. The van der Waals surface area contributed by atoms with E-state index in [2.05, 4.69) is 0 Å². The molecule has 0 aliphatic carbocycles. The van der Waals surface area contributed by atoms with Crippen molar-refractivity contribution in [1.29, 1.82) is 0 Å². The van der Waals surface area contributed by atoms with Crippen LogP contribution in [-0.2, 0) is 4.79 Å². The van der Waals surface area contributed by atoms with Crippen molar-refractivity contribution < 1.29 is 4.79 Å². The van der Waals surface area contributed by atoms with Gasteiger partial charge in [-0.05, 0) is 11.8 Å². The van der Waals surface area contributed by atoms with Crippen molar-refractivity contribution in [3.8, 4) is 0 Å². The molecule has 0 bridgehead atoms. The van der Waals surface area contributed by atoms with Gasteiger partial charge in [-0.25, -0.2) is 0 Å². The monoisotopic (exact) mass is 163 g/mol. The zero-order valence-corrected chi connectivity index (χ0v) is 7.40. The second-order valence-corrected chi connectivity index (χ2v) is 4.16. The van der Waals surface area contributed by atoms with E-state index in [1.54, 1.807) is 0 Å². The summed E-state index contributed by atoms with van der Waals surface area (Å²) in [5.74, 6) is -0.434. The summed E-state index contributed by atoms with van der Waals surface area (Å²) in [6, 6.07) is 0. The molecule has 0 saturated carbocycles. The van der Waals surface area contributed by atoms with Crippen LogP contribution >= 0.6 is 11.6 Å². The van der Waals surface area contributed by atoms with E-state index in [9.17, 15) is 4.79 Å². The van der Waals surface area contributed by atoms with Gasteiger partial charge in [0.25, 0.3) is 0 Å². The SMILES string of the molecule is CC(C)(C)CC(Cl)C(N)=O. The summed E-state index contributed by atoms with van der Waals surface area (Å²) >= 11 is 5.63. The fraction of sp³-hybridized carbons (Fsp3) is 0.857. The van der Waals surface area contributed by atoms with E-state index >= 15 is 0 Å². The lowest BCUT2D eigenvalue weighted by molar-refractivity contribution is -0.118. The van der Waals surface area contributed by atoms with Gasteiger partial charge >= 0.3 is 0 Å². The van der Waals surface area contributed by atoms with Gasteiger partial charge in [0, 0.05) is 0 Å². The van der Waals surface area contributed by atoms with Crippen LogP contribution in [0.5, 0.6) is 0 Å². The zero-order chi connectivity index (χ0) is 8.36. The molecular weight excluding hydrogens is 150 g/mol. The second kappa shape index (κ2) is 3.24. The van der Waals surface area contributed by atoms with E-state index in [1.165, 1.54) is 0 Å². The molecule has 0 saturated heterocycles. The number of rotatable bonds is 2. The molecule has 1 unspecified atom stereocenters. The Morgan fingerprint density at radius 2 is 2.00 bits per heavy atom. The van der Waals surface area contributed by atoms with Crippen LogP contribution in [-0.4, -0.2) is 11.3 Å². The van der Waals surface area contributed by atoms with Gasteiger partial charge in [-0.2, -0.15) is 0 Å². The molecule has 0 heterocycles. The van der Waals surface area contributed by atoms with E-state index in [4.69, 9.17) is 17.3 Å². The molecule has 0 spiro atoms. The molecule has 60 valence electrons. The van der Waals surface area contributed by atoms with Crippen LogP contribution in [0, 0.1) is 5.41 Å². The lowest BCUT2D eigenvalue weighted by Crippen LogP contribution is -2.27. The molecule has 2 N–H and O–H groups in total. The lowest BCUT2D eigenvalue weighted by Gasteiger charge is -2.19. The molecular formula is C7H14ClNO. The van der Waals surface area contributed by atoms with Crippen molar-refractivity contribution in [2.75, 3.05) is 0 Å². The molecule has 1 amide bonds. The molecule has 0 aliphatic heterocycles. The third-order valence-corrected chi connectivity index (χ3v) is 1.47. The normalized spacial score (nSPS) is 14.8. The summed E-state index contributed by atoms with van der Waals surface area (Å²) in [5.41, 5.74) is 5.04. The molecule has 0 fully saturated rings. The van der Waals surface area contributed by atoms with Crippen LogP contribution in [0.2, 0.25) is 0 Å². The molecule has 3 heteroatoms. The maximum absolute atomic E-state index is 10.5. The first kappa shape index (κ1) is 9.76. The second-order valence-electron chi connectivity index (χ2n) is 3.63. The Kier molecular flexibility index (Phi) is 3.16. The lowest BCUT2D eigenvalue weighted by atomic mass is 9.90. The number of hydrogen-bond acceptors (Lipinski definition) is 1. The van der Waals surface area contributed by atoms with Crippen LogP contribution in [0.25, 0.3) is 0 Å². The van der Waals surface area contributed by atoms with Crippen LogP contribution in [0.4, 0.5) is 0 Å². The van der Waals surface area contributed by atoms with Crippen LogP contribution in [0.3, 0.4) is 0 Å². The van der Waals surface area contributed by atoms with Crippen LogP contribution < -0.4 is 5.73 Å². The average molecular weight is 164 g/mol. The Morgan fingerprint density at radius 3 is 2.10 bits per heavy atom. The molecule has 0 aromatic carbocycles. The smallest absolute Gasteiger partial charge is 0.235 e. The van der Waals surface area contributed by atoms with E-state index in [-0.39, 0.29) is 5.41 Å². The molecule has 1 atom stereocenters. The summed E-state index contributed by atoms with van der Waals surface area (Å²) < 4.78 is 0. The van der Waals surface area contributed by atoms with Crippen molar-refractivity contribution in [2.45, 2.75) is 32.6 Å². The van der Waals surface area contributed by atoms with E-state index < -0.39 is 11.3 Å². The van der Waals surface area contributed by atoms with Gasteiger partial charge < -0.3 is 5.73 Å². The molecule has 0 rings (SSSR count). The quantitative estimate of drug-likeness (QED) is 0.617. The van der Waals surface area contributed by atoms with Crippen molar-refractivity contribution >= 4 is 17.5 Å².